The van der Waals surface area contributed by atoms with Gasteiger partial charge in [0.2, 0.25) is 17.0 Å². The third-order valence-electron chi connectivity index (χ3n) is 11.0. The Morgan fingerprint density at radius 2 is 1.13 bits per heavy atom. The first kappa shape index (κ1) is 56.2. The van der Waals surface area contributed by atoms with Crippen LogP contribution < -0.4 is 9.47 Å². The summed E-state index contributed by atoms with van der Waals surface area (Å²) in [6, 6.07) is 24.8. The number of carbonyl (C=O) groups excluding carboxylic acids is 3. The molecule has 0 saturated carbocycles. The molecule has 0 amide bonds. The summed E-state index contributed by atoms with van der Waals surface area (Å²) in [4.78, 5) is 57.4. The number of Topliss-reactive ketones (excluding diaryl/α,β-unsaturated/α-hetero) is 1. The maximum Gasteiger partial charge on any atom is 0.311 e. The first-order chi connectivity index (χ1) is 32.1. The lowest BCUT2D eigenvalue weighted by Crippen LogP contribution is -2.30. The van der Waals surface area contributed by atoms with E-state index >= 15 is 0 Å². The highest BCUT2D eigenvalue weighted by atomic mass is 35.5. The zero-order valence-electron chi connectivity index (χ0n) is 42.2. The lowest BCUT2D eigenvalue weighted by molar-refractivity contribution is -0.153. The van der Waals surface area contributed by atoms with Crippen molar-refractivity contribution in [3.05, 3.63) is 117 Å². The molecule has 372 valence electrons. The quantitative estimate of drug-likeness (QED) is 0.0563. The number of carboxylic acids is 1. The van der Waals surface area contributed by atoms with Crippen molar-refractivity contribution in [1.82, 2.24) is 19.1 Å². The van der Waals surface area contributed by atoms with Gasteiger partial charge in [-0.15, -0.1) is 0 Å². The number of ketones is 1. The standard InChI is InChI=1S/C26H31ClN2O4.C22H25ClN2O3.C6H11ClO/c1-25(2,3)14-20(30)22-19(13-26(4,5)24(31)32)29(15-16-7-9-17(27)10-8-16)18-11-12-21(33-6)28-23(18)22;1-5-28-21(26)22(2,3)13-17-12-18-19(10-11-20(24-18)27-4)25(17)14-15-6-8-16(23)9-7-15;1-6(2,3)4-5(7)8/h7-12H,13-15H2,1-6H3,(H,31,32);6-12H,5,13-14H2,1-4H3;4H2,1-3H3. The number of pyridine rings is 2. The zero-order chi connectivity index (χ0) is 51.6. The second kappa shape index (κ2) is 23.5. The average molecular weight is 1010 g/mol. The molecule has 0 spiro atoms. The number of hydrogen-bond acceptors (Lipinski definition) is 9. The zero-order valence-corrected chi connectivity index (χ0v) is 44.5. The molecule has 0 saturated heterocycles. The second-order valence-electron chi connectivity index (χ2n) is 20.8. The summed E-state index contributed by atoms with van der Waals surface area (Å²) < 4.78 is 20.1. The van der Waals surface area contributed by atoms with Gasteiger partial charge in [-0.05, 0) is 111 Å². The number of aromatic nitrogens is 4. The number of ether oxygens (including phenoxy) is 3. The molecule has 0 fully saturated rings. The van der Waals surface area contributed by atoms with Crippen LogP contribution in [-0.4, -0.2) is 68.0 Å². The van der Waals surface area contributed by atoms with E-state index in [2.05, 4.69) is 14.5 Å². The summed E-state index contributed by atoms with van der Waals surface area (Å²) in [5.74, 6) is -0.221. The lowest BCUT2D eigenvalue weighted by atomic mass is 9.83. The van der Waals surface area contributed by atoms with Crippen LogP contribution >= 0.6 is 34.8 Å². The number of benzene rings is 2. The van der Waals surface area contributed by atoms with Gasteiger partial charge in [-0.3, -0.25) is 19.2 Å². The van der Waals surface area contributed by atoms with Crippen molar-refractivity contribution in [2.75, 3.05) is 20.8 Å². The van der Waals surface area contributed by atoms with Gasteiger partial charge in [0.15, 0.2) is 5.78 Å². The molecule has 0 atom stereocenters. The molecule has 0 radical (unpaired) electrons. The first-order valence-corrected chi connectivity index (χ1v) is 23.9. The van der Waals surface area contributed by atoms with Gasteiger partial charge in [-0.25, -0.2) is 9.97 Å². The van der Waals surface area contributed by atoms with Crippen LogP contribution in [0.15, 0.2) is 78.9 Å². The van der Waals surface area contributed by atoms with E-state index < -0.39 is 16.8 Å². The van der Waals surface area contributed by atoms with Crippen molar-refractivity contribution in [3.63, 3.8) is 0 Å². The van der Waals surface area contributed by atoms with E-state index in [0.717, 1.165) is 33.4 Å². The normalized spacial score (nSPS) is 11.9. The van der Waals surface area contributed by atoms with Crippen molar-refractivity contribution in [1.29, 1.82) is 0 Å². The van der Waals surface area contributed by atoms with Crippen LogP contribution in [0.3, 0.4) is 0 Å². The predicted molar refractivity (Wildman–Crippen MR) is 276 cm³/mol. The Bertz CT molecular complexity index is 2740. The number of carboxylic acid groups (broad SMARTS) is 1. The van der Waals surface area contributed by atoms with Crippen LogP contribution in [0, 0.1) is 21.7 Å². The Morgan fingerprint density at radius 3 is 1.58 bits per heavy atom. The van der Waals surface area contributed by atoms with Gasteiger partial charge in [0.25, 0.3) is 0 Å². The van der Waals surface area contributed by atoms with Crippen molar-refractivity contribution < 1.29 is 38.5 Å². The highest BCUT2D eigenvalue weighted by molar-refractivity contribution is 6.63. The van der Waals surface area contributed by atoms with Crippen LogP contribution in [0.4, 0.5) is 0 Å². The summed E-state index contributed by atoms with van der Waals surface area (Å²) in [6.07, 6.45) is 1.49. The SMILES string of the molecule is CC(C)(C)CC(=O)Cl.CCOC(=O)C(C)(C)Cc1cc2nc(OC)ccc2n1Cc1ccc(Cl)cc1.COc1ccc2c(n1)c(C(=O)CC(C)(C)C)c(CC(C)(C)C(=O)O)n2Cc1ccc(Cl)cc1. The van der Waals surface area contributed by atoms with Crippen molar-refractivity contribution >= 4 is 79.8 Å². The molecular formula is C54H67Cl3N4O8. The van der Waals surface area contributed by atoms with Crippen LogP contribution in [-0.2, 0) is 45.1 Å². The summed E-state index contributed by atoms with van der Waals surface area (Å²) in [5, 5.41) is 10.9. The minimum absolute atomic E-state index is 0.0405. The molecule has 0 unspecified atom stereocenters. The molecule has 15 heteroatoms. The molecule has 6 rings (SSSR count). The summed E-state index contributed by atoms with van der Waals surface area (Å²) in [6.45, 7) is 22.4. The molecule has 0 aliphatic carbocycles. The molecule has 1 N–H and O–H groups in total. The summed E-state index contributed by atoms with van der Waals surface area (Å²) in [7, 11) is 3.13. The number of nitrogens with zero attached hydrogens (tertiary/aromatic N) is 4. The Kier molecular flexibility index (Phi) is 19.1. The monoisotopic (exact) mass is 1000 g/mol. The van der Waals surface area contributed by atoms with E-state index in [9.17, 15) is 24.3 Å². The molecule has 12 nitrogen and oxygen atoms in total. The molecule has 4 aromatic heterocycles. The fourth-order valence-electron chi connectivity index (χ4n) is 7.52. The van der Waals surface area contributed by atoms with Gasteiger partial charge in [0, 0.05) is 72.3 Å². The van der Waals surface area contributed by atoms with Gasteiger partial charge >= 0.3 is 11.9 Å². The fourth-order valence-corrected chi connectivity index (χ4v) is 8.17. The van der Waals surface area contributed by atoms with E-state index in [1.54, 1.807) is 27.0 Å². The smallest absolute Gasteiger partial charge is 0.311 e. The minimum Gasteiger partial charge on any atom is -0.481 e. The maximum atomic E-state index is 13.6. The number of methoxy groups -OCH3 is 2. The summed E-state index contributed by atoms with van der Waals surface area (Å²) in [5.41, 5.74) is 5.47. The Hall–Kier alpha value is -5.43. The Morgan fingerprint density at radius 1 is 0.638 bits per heavy atom. The predicted octanol–water partition coefficient (Wildman–Crippen LogP) is 13.1. The van der Waals surface area contributed by atoms with Gasteiger partial charge in [-0.2, -0.15) is 0 Å². The van der Waals surface area contributed by atoms with E-state index in [1.165, 1.54) is 7.11 Å². The largest absolute Gasteiger partial charge is 0.481 e. The number of esters is 1. The lowest BCUT2D eigenvalue weighted by Gasteiger charge is -2.23. The highest BCUT2D eigenvalue weighted by Crippen LogP contribution is 2.36. The molecule has 0 bridgehead atoms. The molecule has 2 aromatic carbocycles. The van der Waals surface area contributed by atoms with Gasteiger partial charge in [0.05, 0.1) is 53.8 Å². The molecule has 0 aliphatic heterocycles. The Labute approximate surface area is 421 Å². The maximum absolute atomic E-state index is 13.6. The van der Waals surface area contributed by atoms with E-state index in [4.69, 9.17) is 49.0 Å². The molecule has 6 aromatic rings. The van der Waals surface area contributed by atoms with Crippen LogP contribution in [0.2, 0.25) is 10.0 Å². The van der Waals surface area contributed by atoms with E-state index in [0.29, 0.717) is 77.5 Å². The number of halogens is 3. The van der Waals surface area contributed by atoms with E-state index in [1.807, 2.05) is 140 Å². The first-order valence-electron chi connectivity index (χ1n) is 22.8. The number of rotatable bonds is 16. The fraction of sp³-hybridized carbons (Fsp3) is 0.444. The van der Waals surface area contributed by atoms with Crippen molar-refractivity contribution in [2.24, 2.45) is 21.7 Å². The second-order valence-corrected chi connectivity index (χ2v) is 22.1. The number of carbonyl (C=O) groups is 4. The van der Waals surface area contributed by atoms with Gasteiger partial charge < -0.3 is 28.5 Å². The van der Waals surface area contributed by atoms with Crippen LogP contribution in [0.25, 0.3) is 22.1 Å². The van der Waals surface area contributed by atoms with Crippen molar-refractivity contribution in [2.45, 2.75) is 115 Å². The van der Waals surface area contributed by atoms with Crippen LogP contribution in [0.1, 0.15) is 122 Å². The van der Waals surface area contributed by atoms with Crippen molar-refractivity contribution in [3.8, 4) is 11.8 Å². The van der Waals surface area contributed by atoms with Gasteiger partial charge in [-0.1, -0.05) is 89.0 Å². The van der Waals surface area contributed by atoms with E-state index in [-0.39, 0.29) is 34.2 Å². The number of fused-ring (bicyclic) bond motifs is 2. The topological polar surface area (TPSA) is 152 Å². The molecule has 4 heterocycles. The highest BCUT2D eigenvalue weighted by Gasteiger charge is 2.35. The van der Waals surface area contributed by atoms with Crippen LogP contribution in [0.5, 0.6) is 11.8 Å². The third-order valence-corrected chi connectivity index (χ3v) is 11.7. The Balaban J connectivity index is 0.000000262. The molecule has 69 heavy (non-hydrogen) atoms. The molecule has 0 aliphatic rings. The summed E-state index contributed by atoms with van der Waals surface area (Å²) >= 11 is 17.2. The van der Waals surface area contributed by atoms with Gasteiger partial charge in [0.1, 0.15) is 5.52 Å². The third kappa shape index (κ3) is 16.1. The number of hydrogen-bond donors (Lipinski definition) is 1. The average Bonchev–Trinajstić information content (AvgIpc) is 3.72. The number of aliphatic carboxylic acids is 1. The molecular weight excluding hydrogens is 939 g/mol. The minimum atomic E-state index is -1.08.